The number of nitrogens with zero attached hydrogens (tertiary/aromatic N) is 4. The average molecular weight is 353 g/mol. The second-order valence-corrected chi connectivity index (χ2v) is 6.34. The minimum atomic E-state index is -1.08. The summed E-state index contributed by atoms with van der Waals surface area (Å²) < 4.78 is 1.57. The molecule has 3 rings (SSSR count). The van der Waals surface area contributed by atoms with E-state index in [1.807, 2.05) is 24.3 Å². The summed E-state index contributed by atoms with van der Waals surface area (Å²) in [5, 5.41) is 21.7. The number of hydrogen-bond donors (Lipinski definition) is 2. The molecule has 1 amide bonds. The van der Waals surface area contributed by atoms with Gasteiger partial charge in [0, 0.05) is 23.2 Å². The van der Waals surface area contributed by atoms with Gasteiger partial charge >= 0.3 is 5.97 Å². The van der Waals surface area contributed by atoms with Crippen LogP contribution in [0, 0.1) is 12.8 Å². The maximum atomic E-state index is 12.5. The fraction of sp³-hybridized carbons (Fsp3) is 0.278. The second kappa shape index (κ2) is 6.91. The van der Waals surface area contributed by atoms with Crippen molar-refractivity contribution < 1.29 is 14.7 Å². The molecule has 0 saturated heterocycles. The predicted molar refractivity (Wildman–Crippen MR) is 95.1 cm³/mol. The van der Waals surface area contributed by atoms with E-state index in [1.165, 1.54) is 0 Å². The minimum Gasteiger partial charge on any atom is -0.480 e. The number of hydrogen-bond acceptors (Lipinski definition) is 5. The third kappa shape index (κ3) is 3.13. The number of fused-ring (bicyclic) bond motifs is 1. The first kappa shape index (κ1) is 17.5. The number of aromatic nitrogens is 4. The van der Waals surface area contributed by atoms with E-state index < -0.39 is 17.9 Å². The lowest BCUT2D eigenvalue weighted by molar-refractivity contribution is -0.140. The van der Waals surface area contributed by atoms with Crippen LogP contribution < -0.4 is 5.32 Å². The van der Waals surface area contributed by atoms with Crippen LogP contribution in [0.3, 0.4) is 0 Å². The van der Waals surface area contributed by atoms with Crippen molar-refractivity contribution in [3.8, 4) is 5.69 Å². The Labute approximate surface area is 149 Å². The van der Waals surface area contributed by atoms with Crippen LogP contribution in [0.15, 0.2) is 36.7 Å². The van der Waals surface area contributed by atoms with Crippen molar-refractivity contribution in [3.05, 3.63) is 48.0 Å². The van der Waals surface area contributed by atoms with Crippen LogP contribution >= 0.6 is 0 Å². The fourth-order valence-corrected chi connectivity index (χ4v) is 2.78. The number of rotatable bonds is 5. The van der Waals surface area contributed by atoms with E-state index in [9.17, 15) is 14.7 Å². The van der Waals surface area contributed by atoms with Gasteiger partial charge in [-0.25, -0.2) is 9.48 Å². The van der Waals surface area contributed by atoms with E-state index in [1.54, 1.807) is 37.8 Å². The SMILES string of the molecule is Cc1c(C(=O)NC(C(=O)O)C(C)C)nnn1-c1cccc2cnccc12. The highest BCUT2D eigenvalue weighted by atomic mass is 16.4. The van der Waals surface area contributed by atoms with Gasteiger partial charge in [0.15, 0.2) is 5.69 Å². The Morgan fingerprint density at radius 2 is 2.00 bits per heavy atom. The summed E-state index contributed by atoms with van der Waals surface area (Å²) in [4.78, 5) is 27.9. The van der Waals surface area contributed by atoms with E-state index in [4.69, 9.17) is 0 Å². The number of carbonyl (C=O) groups excluding carboxylic acids is 1. The van der Waals surface area contributed by atoms with E-state index in [-0.39, 0.29) is 11.6 Å². The topological polar surface area (TPSA) is 110 Å². The first-order valence-corrected chi connectivity index (χ1v) is 8.19. The Hall–Kier alpha value is -3.29. The number of carboxylic acids is 1. The molecule has 134 valence electrons. The molecule has 0 aliphatic carbocycles. The molecule has 0 bridgehead atoms. The van der Waals surface area contributed by atoms with Gasteiger partial charge < -0.3 is 10.4 Å². The molecule has 0 radical (unpaired) electrons. The first-order valence-electron chi connectivity index (χ1n) is 8.19. The second-order valence-electron chi connectivity index (χ2n) is 6.34. The van der Waals surface area contributed by atoms with Crippen LogP contribution in [-0.4, -0.2) is 43.0 Å². The summed E-state index contributed by atoms with van der Waals surface area (Å²) in [6.07, 6.45) is 3.44. The Morgan fingerprint density at radius 1 is 1.23 bits per heavy atom. The number of carboxylic acid groups (broad SMARTS) is 1. The highest BCUT2D eigenvalue weighted by molar-refractivity contribution is 5.96. The lowest BCUT2D eigenvalue weighted by atomic mass is 10.0. The van der Waals surface area contributed by atoms with Crippen molar-refractivity contribution >= 4 is 22.6 Å². The Bertz CT molecular complexity index is 975. The Morgan fingerprint density at radius 3 is 2.69 bits per heavy atom. The van der Waals surface area contributed by atoms with E-state index in [2.05, 4.69) is 20.6 Å². The van der Waals surface area contributed by atoms with Gasteiger partial charge in [-0.2, -0.15) is 0 Å². The average Bonchev–Trinajstić information content (AvgIpc) is 2.99. The van der Waals surface area contributed by atoms with Gasteiger partial charge in [-0.05, 0) is 25.0 Å². The molecule has 8 heteroatoms. The molecule has 2 heterocycles. The van der Waals surface area contributed by atoms with Crippen LogP contribution in [0.5, 0.6) is 0 Å². The molecule has 0 spiro atoms. The van der Waals surface area contributed by atoms with E-state index in [0.29, 0.717) is 5.69 Å². The number of amides is 1. The lowest BCUT2D eigenvalue weighted by Gasteiger charge is -2.17. The molecule has 0 saturated carbocycles. The Balaban J connectivity index is 1.98. The zero-order chi connectivity index (χ0) is 18.8. The normalized spacial score (nSPS) is 12.3. The minimum absolute atomic E-state index is 0.1000. The van der Waals surface area contributed by atoms with Crippen LogP contribution in [0.25, 0.3) is 16.5 Å². The van der Waals surface area contributed by atoms with Gasteiger partial charge in [0.2, 0.25) is 0 Å². The molecular formula is C18H19N5O3. The predicted octanol–water partition coefficient (Wildman–Crippen LogP) is 1.96. The van der Waals surface area contributed by atoms with Gasteiger partial charge in [-0.15, -0.1) is 5.10 Å². The molecule has 3 aromatic rings. The quantitative estimate of drug-likeness (QED) is 0.725. The highest BCUT2D eigenvalue weighted by Crippen LogP contribution is 2.22. The molecule has 1 aromatic carbocycles. The molecule has 26 heavy (non-hydrogen) atoms. The van der Waals surface area contributed by atoms with Crippen molar-refractivity contribution in [1.82, 2.24) is 25.3 Å². The molecule has 1 atom stereocenters. The Kier molecular flexibility index (Phi) is 4.66. The van der Waals surface area contributed by atoms with Crippen molar-refractivity contribution in [2.24, 2.45) is 5.92 Å². The van der Waals surface area contributed by atoms with Crippen LogP contribution in [-0.2, 0) is 4.79 Å². The summed E-state index contributed by atoms with van der Waals surface area (Å²) in [5.74, 6) is -1.89. The monoisotopic (exact) mass is 353 g/mol. The van der Waals surface area contributed by atoms with Gasteiger partial charge in [0.05, 0.1) is 11.4 Å². The van der Waals surface area contributed by atoms with Crippen LogP contribution in [0.1, 0.15) is 30.0 Å². The molecule has 0 aliphatic heterocycles. The zero-order valence-electron chi connectivity index (χ0n) is 14.7. The standard InChI is InChI=1S/C18H19N5O3/c1-10(2)15(18(25)26)20-17(24)16-11(3)23(22-21-16)14-6-4-5-12-9-19-8-7-13(12)14/h4-10,15H,1-3H3,(H,20,24)(H,25,26). The smallest absolute Gasteiger partial charge is 0.326 e. The molecular weight excluding hydrogens is 334 g/mol. The van der Waals surface area contributed by atoms with Gasteiger partial charge in [0.25, 0.3) is 5.91 Å². The summed E-state index contributed by atoms with van der Waals surface area (Å²) >= 11 is 0. The van der Waals surface area contributed by atoms with Crippen molar-refractivity contribution in [2.45, 2.75) is 26.8 Å². The zero-order valence-corrected chi connectivity index (χ0v) is 14.7. The number of carbonyl (C=O) groups is 2. The van der Waals surface area contributed by atoms with E-state index >= 15 is 0 Å². The summed E-state index contributed by atoms with van der Waals surface area (Å²) in [7, 11) is 0. The number of nitrogens with one attached hydrogen (secondary N) is 1. The summed E-state index contributed by atoms with van der Waals surface area (Å²) in [6, 6.07) is 6.56. The number of benzene rings is 1. The largest absolute Gasteiger partial charge is 0.480 e. The van der Waals surface area contributed by atoms with Crippen LogP contribution in [0.2, 0.25) is 0 Å². The number of pyridine rings is 1. The third-order valence-electron chi connectivity index (χ3n) is 4.21. The highest BCUT2D eigenvalue weighted by Gasteiger charge is 2.26. The van der Waals surface area contributed by atoms with Crippen LogP contribution in [0.4, 0.5) is 0 Å². The summed E-state index contributed by atoms with van der Waals surface area (Å²) in [6.45, 7) is 5.18. The third-order valence-corrected chi connectivity index (χ3v) is 4.21. The number of aliphatic carboxylic acids is 1. The lowest BCUT2D eigenvalue weighted by Crippen LogP contribution is -2.44. The maximum Gasteiger partial charge on any atom is 0.326 e. The fourth-order valence-electron chi connectivity index (χ4n) is 2.78. The van der Waals surface area contributed by atoms with E-state index in [0.717, 1.165) is 16.5 Å². The maximum absolute atomic E-state index is 12.5. The van der Waals surface area contributed by atoms with Gasteiger partial charge in [-0.3, -0.25) is 9.78 Å². The van der Waals surface area contributed by atoms with Crippen molar-refractivity contribution in [1.29, 1.82) is 0 Å². The van der Waals surface area contributed by atoms with Gasteiger partial charge in [-0.1, -0.05) is 31.2 Å². The molecule has 8 nitrogen and oxygen atoms in total. The molecule has 1 unspecified atom stereocenters. The summed E-state index contributed by atoms with van der Waals surface area (Å²) in [5.41, 5.74) is 1.40. The van der Waals surface area contributed by atoms with Crippen molar-refractivity contribution in [2.75, 3.05) is 0 Å². The van der Waals surface area contributed by atoms with Gasteiger partial charge in [0.1, 0.15) is 6.04 Å². The molecule has 2 N–H and O–H groups in total. The van der Waals surface area contributed by atoms with Crippen molar-refractivity contribution in [3.63, 3.8) is 0 Å². The molecule has 2 aromatic heterocycles. The first-order chi connectivity index (χ1) is 12.4. The molecule has 0 aliphatic rings. The molecule has 0 fully saturated rings.